The van der Waals surface area contributed by atoms with Crippen molar-refractivity contribution < 1.29 is 23.8 Å². The van der Waals surface area contributed by atoms with Crippen LogP contribution in [0.15, 0.2) is 103 Å². The number of aryl methyl sites for hydroxylation is 1. The lowest BCUT2D eigenvalue weighted by atomic mass is 9.95. The van der Waals surface area contributed by atoms with E-state index in [0.717, 1.165) is 16.7 Å². The van der Waals surface area contributed by atoms with Gasteiger partial charge in [0.25, 0.3) is 11.7 Å². The van der Waals surface area contributed by atoms with Crippen molar-refractivity contribution in [1.82, 2.24) is 9.88 Å². The molecule has 1 aliphatic rings. The number of hydrogen-bond donors (Lipinski definition) is 1. The number of aliphatic hydroxyl groups is 1. The van der Waals surface area contributed by atoms with Crippen molar-refractivity contribution in [2.75, 3.05) is 0 Å². The van der Waals surface area contributed by atoms with Crippen LogP contribution in [0.2, 0.25) is 0 Å². The first-order valence-corrected chi connectivity index (χ1v) is 12.1. The molecule has 1 aromatic heterocycles. The number of carbonyl (C=O) groups is 2. The highest BCUT2D eigenvalue weighted by Gasteiger charge is 2.46. The number of pyridine rings is 1. The average Bonchev–Trinajstić information content (AvgIpc) is 3.18. The van der Waals surface area contributed by atoms with Gasteiger partial charge in [0.15, 0.2) is 0 Å². The summed E-state index contributed by atoms with van der Waals surface area (Å²) in [5.74, 6) is -1.71. The van der Waals surface area contributed by atoms with Crippen LogP contribution >= 0.6 is 0 Å². The lowest BCUT2D eigenvalue weighted by molar-refractivity contribution is -0.140. The molecule has 1 N–H and O–H groups in total. The molecular weight excluding hydrogens is 483 g/mol. The van der Waals surface area contributed by atoms with Crippen LogP contribution in [0.4, 0.5) is 4.39 Å². The molecule has 6 nitrogen and oxygen atoms in total. The van der Waals surface area contributed by atoms with Gasteiger partial charge in [-0.3, -0.25) is 14.6 Å². The van der Waals surface area contributed by atoms with Gasteiger partial charge in [-0.05, 0) is 66.1 Å². The fraction of sp³-hybridized carbons (Fsp3) is 0.129. The van der Waals surface area contributed by atoms with E-state index in [4.69, 9.17) is 4.74 Å². The molecule has 1 atom stereocenters. The maximum Gasteiger partial charge on any atom is 0.295 e. The highest BCUT2D eigenvalue weighted by Crippen LogP contribution is 2.40. The quantitative estimate of drug-likeness (QED) is 0.196. The lowest BCUT2D eigenvalue weighted by Gasteiger charge is -2.25. The van der Waals surface area contributed by atoms with Gasteiger partial charge in [0.2, 0.25) is 0 Å². The van der Waals surface area contributed by atoms with Gasteiger partial charge in [0.05, 0.1) is 11.6 Å². The number of aliphatic hydroxyl groups excluding tert-OH is 1. The van der Waals surface area contributed by atoms with E-state index >= 15 is 0 Å². The van der Waals surface area contributed by atoms with Crippen LogP contribution in [-0.2, 0) is 22.7 Å². The van der Waals surface area contributed by atoms with E-state index in [-0.39, 0.29) is 17.9 Å². The Morgan fingerprint density at radius 1 is 0.974 bits per heavy atom. The Balaban J connectivity index is 1.47. The van der Waals surface area contributed by atoms with Crippen molar-refractivity contribution >= 4 is 17.4 Å². The van der Waals surface area contributed by atoms with E-state index in [1.165, 1.54) is 29.2 Å². The van der Waals surface area contributed by atoms with Crippen LogP contribution < -0.4 is 4.74 Å². The van der Waals surface area contributed by atoms with Crippen LogP contribution in [0.25, 0.3) is 5.76 Å². The Morgan fingerprint density at radius 2 is 1.71 bits per heavy atom. The van der Waals surface area contributed by atoms with Gasteiger partial charge < -0.3 is 14.7 Å². The Kier molecular flexibility index (Phi) is 7.00. The number of Topliss-reactive ketones (excluding diaryl/α,β-unsaturated/α-hetero) is 1. The second kappa shape index (κ2) is 10.7. The van der Waals surface area contributed by atoms with Crippen molar-refractivity contribution in [3.8, 4) is 5.75 Å². The largest absolute Gasteiger partial charge is 0.507 e. The number of carbonyl (C=O) groups excluding carboxylic acids is 2. The lowest BCUT2D eigenvalue weighted by Crippen LogP contribution is -2.29. The third kappa shape index (κ3) is 5.18. The number of benzene rings is 3. The molecule has 0 saturated carbocycles. The van der Waals surface area contributed by atoms with Crippen LogP contribution in [0.5, 0.6) is 5.75 Å². The van der Waals surface area contributed by atoms with Gasteiger partial charge in [-0.15, -0.1) is 0 Å². The maximum atomic E-state index is 13.7. The Hall–Kier alpha value is -4.78. The molecular formula is C31H25FN2O4. The topological polar surface area (TPSA) is 79.7 Å². The monoisotopic (exact) mass is 508 g/mol. The van der Waals surface area contributed by atoms with Crippen LogP contribution in [0.3, 0.4) is 0 Å². The number of nitrogens with zero attached hydrogens (tertiary/aromatic N) is 2. The molecule has 0 radical (unpaired) electrons. The molecule has 4 aromatic rings. The standard InChI is InChI=1S/C31H25FN2O4/c1-20-4-2-5-21(16-20)19-38-26-13-9-24(10-14-26)29(35)27-28(23-7-11-25(32)12-8-23)34(31(37)30(27)36)18-22-6-3-15-33-17-22/h2-17,28,35H,18-19H2,1H3/b29-27-. The second-order valence-electron chi connectivity index (χ2n) is 9.14. The summed E-state index contributed by atoms with van der Waals surface area (Å²) in [5.41, 5.74) is 3.70. The molecule has 2 heterocycles. The van der Waals surface area contributed by atoms with Crippen molar-refractivity contribution in [1.29, 1.82) is 0 Å². The predicted molar refractivity (Wildman–Crippen MR) is 140 cm³/mol. The fourth-order valence-electron chi connectivity index (χ4n) is 4.56. The summed E-state index contributed by atoms with van der Waals surface area (Å²) in [7, 11) is 0. The van der Waals surface area contributed by atoms with Gasteiger partial charge in [-0.25, -0.2) is 4.39 Å². The summed E-state index contributed by atoms with van der Waals surface area (Å²) in [6.45, 7) is 2.50. The minimum atomic E-state index is -0.895. The predicted octanol–water partition coefficient (Wildman–Crippen LogP) is 5.73. The van der Waals surface area contributed by atoms with Gasteiger partial charge in [-0.2, -0.15) is 0 Å². The fourth-order valence-corrected chi connectivity index (χ4v) is 4.56. The summed E-state index contributed by atoms with van der Waals surface area (Å²) in [4.78, 5) is 31.8. The van der Waals surface area contributed by atoms with Crippen LogP contribution in [0.1, 0.15) is 33.9 Å². The third-order valence-electron chi connectivity index (χ3n) is 6.42. The first-order valence-electron chi connectivity index (χ1n) is 12.1. The summed E-state index contributed by atoms with van der Waals surface area (Å²) in [6.07, 6.45) is 3.22. The summed E-state index contributed by atoms with van der Waals surface area (Å²) < 4.78 is 19.6. The van der Waals surface area contributed by atoms with Gasteiger partial charge in [0.1, 0.15) is 23.9 Å². The molecule has 0 spiro atoms. The Bertz CT molecular complexity index is 1500. The van der Waals surface area contributed by atoms with E-state index in [1.807, 2.05) is 31.2 Å². The molecule has 190 valence electrons. The van der Waals surface area contributed by atoms with E-state index in [0.29, 0.717) is 23.5 Å². The number of ketones is 1. The SMILES string of the molecule is Cc1cccc(COc2ccc(/C(O)=C3/C(=O)C(=O)N(Cc4cccnc4)C3c3ccc(F)cc3)cc2)c1. The normalized spacial score (nSPS) is 16.6. The minimum Gasteiger partial charge on any atom is -0.507 e. The van der Waals surface area contributed by atoms with E-state index < -0.39 is 23.5 Å². The molecule has 5 rings (SSSR count). The third-order valence-corrected chi connectivity index (χ3v) is 6.42. The van der Waals surface area contributed by atoms with Crippen molar-refractivity contribution in [3.05, 3.63) is 137 Å². The Labute approximate surface area is 219 Å². The molecule has 1 aliphatic heterocycles. The van der Waals surface area contributed by atoms with Gasteiger partial charge in [0, 0.05) is 24.5 Å². The number of rotatable bonds is 7. The highest BCUT2D eigenvalue weighted by molar-refractivity contribution is 6.46. The molecule has 7 heteroatoms. The first kappa shape index (κ1) is 24.9. The smallest absolute Gasteiger partial charge is 0.295 e. The molecule has 38 heavy (non-hydrogen) atoms. The molecule has 3 aromatic carbocycles. The number of likely N-dealkylation sites (tertiary alicyclic amines) is 1. The number of amides is 1. The number of ether oxygens (including phenoxy) is 1. The average molecular weight is 509 g/mol. The zero-order chi connectivity index (χ0) is 26.6. The molecule has 1 fully saturated rings. The molecule has 0 bridgehead atoms. The van der Waals surface area contributed by atoms with Crippen molar-refractivity contribution in [3.63, 3.8) is 0 Å². The van der Waals surface area contributed by atoms with E-state index in [9.17, 15) is 19.1 Å². The maximum absolute atomic E-state index is 13.7. The van der Waals surface area contributed by atoms with E-state index in [1.54, 1.807) is 48.8 Å². The van der Waals surface area contributed by atoms with Crippen LogP contribution in [-0.4, -0.2) is 26.7 Å². The zero-order valence-corrected chi connectivity index (χ0v) is 20.7. The summed E-state index contributed by atoms with van der Waals surface area (Å²) in [5, 5.41) is 11.3. The first-order chi connectivity index (χ1) is 18.4. The second-order valence-corrected chi connectivity index (χ2v) is 9.14. The van der Waals surface area contributed by atoms with Crippen LogP contribution in [0, 0.1) is 12.7 Å². The number of hydrogen-bond acceptors (Lipinski definition) is 5. The number of aromatic nitrogens is 1. The number of halogens is 1. The van der Waals surface area contributed by atoms with E-state index in [2.05, 4.69) is 4.98 Å². The van der Waals surface area contributed by atoms with Gasteiger partial charge >= 0.3 is 0 Å². The molecule has 1 saturated heterocycles. The summed E-state index contributed by atoms with van der Waals surface area (Å²) >= 11 is 0. The molecule has 0 aliphatic carbocycles. The zero-order valence-electron chi connectivity index (χ0n) is 20.7. The van der Waals surface area contributed by atoms with Crippen molar-refractivity contribution in [2.24, 2.45) is 0 Å². The Morgan fingerprint density at radius 3 is 2.39 bits per heavy atom. The summed E-state index contributed by atoms with van der Waals surface area (Å²) in [6, 6.07) is 22.9. The molecule has 1 amide bonds. The molecule has 1 unspecified atom stereocenters. The highest BCUT2D eigenvalue weighted by atomic mass is 19.1. The van der Waals surface area contributed by atoms with Gasteiger partial charge in [-0.1, -0.05) is 48.0 Å². The minimum absolute atomic E-state index is 0.0565. The van der Waals surface area contributed by atoms with Crippen molar-refractivity contribution in [2.45, 2.75) is 26.1 Å².